The minimum atomic E-state index is 0.109. The number of carbonyl (C=O) groups excluding carboxylic acids is 1. The molecule has 0 bridgehead atoms. The average molecular weight is 258 g/mol. The number of nitrogens with one attached hydrogen (secondary N) is 1. The van der Waals surface area contributed by atoms with Crippen molar-refractivity contribution < 1.29 is 4.79 Å². The van der Waals surface area contributed by atoms with Crippen LogP contribution in [0.4, 0.5) is 0 Å². The van der Waals surface area contributed by atoms with E-state index in [2.05, 4.69) is 5.32 Å². The second-order valence-electron chi connectivity index (χ2n) is 4.27. The fourth-order valence-electron chi connectivity index (χ4n) is 2.10. The van der Waals surface area contributed by atoms with Crippen LogP contribution in [-0.2, 0) is 11.2 Å². The smallest absolute Gasteiger partial charge is 0.225 e. The number of halogens is 1. The van der Waals surface area contributed by atoms with E-state index in [9.17, 15) is 4.79 Å². The third-order valence-corrected chi connectivity index (χ3v) is 4.49. The molecule has 0 radical (unpaired) electrons. The van der Waals surface area contributed by atoms with E-state index in [0.717, 1.165) is 24.3 Å². The Balaban J connectivity index is 1.71. The van der Waals surface area contributed by atoms with Crippen LogP contribution in [0.15, 0.2) is 17.5 Å². The summed E-state index contributed by atoms with van der Waals surface area (Å²) in [4.78, 5) is 12.7. The van der Waals surface area contributed by atoms with Gasteiger partial charge in [0.2, 0.25) is 5.91 Å². The molecule has 2 atom stereocenters. The summed E-state index contributed by atoms with van der Waals surface area (Å²) in [6.45, 7) is 0.734. The standard InChI is InChI=1S/C12H16ClNOS/c13-11-5-1-3-9(11)8-14-12(15)7-10-4-2-6-16-10/h2,4,6,9,11H,1,3,5,7-8H2,(H,14,15). The van der Waals surface area contributed by atoms with Crippen LogP contribution in [0, 0.1) is 5.92 Å². The van der Waals surface area contributed by atoms with E-state index in [4.69, 9.17) is 11.6 Å². The molecule has 1 aromatic heterocycles. The highest BCUT2D eigenvalue weighted by atomic mass is 35.5. The van der Waals surface area contributed by atoms with Crippen molar-refractivity contribution in [2.24, 2.45) is 5.92 Å². The Bertz CT molecular complexity index is 339. The first-order valence-corrected chi connectivity index (χ1v) is 7.00. The summed E-state index contributed by atoms with van der Waals surface area (Å²) >= 11 is 7.78. The van der Waals surface area contributed by atoms with Crippen LogP contribution in [-0.4, -0.2) is 17.8 Å². The lowest BCUT2D eigenvalue weighted by molar-refractivity contribution is -0.120. The van der Waals surface area contributed by atoms with Gasteiger partial charge in [-0.1, -0.05) is 12.5 Å². The lowest BCUT2D eigenvalue weighted by Gasteiger charge is -2.14. The summed E-state index contributed by atoms with van der Waals surface area (Å²) in [5.74, 6) is 0.576. The molecule has 2 nitrogen and oxygen atoms in total. The highest BCUT2D eigenvalue weighted by Crippen LogP contribution is 2.29. The second-order valence-corrected chi connectivity index (χ2v) is 5.86. The van der Waals surface area contributed by atoms with Crippen molar-refractivity contribution in [2.45, 2.75) is 31.1 Å². The van der Waals surface area contributed by atoms with Gasteiger partial charge < -0.3 is 5.32 Å². The van der Waals surface area contributed by atoms with Gasteiger partial charge in [-0.2, -0.15) is 0 Å². The Labute approximate surface area is 105 Å². The molecule has 1 N–H and O–H groups in total. The largest absolute Gasteiger partial charge is 0.355 e. The van der Waals surface area contributed by atoms with E-state index in [-0.39, 0.29) is 11.3 Å². The van der Waals surface area contributed by atoms with Gasteiger partial charge >= 0.3 is 0 Å². The first kappa shape index (κ1) is 11.9. The molecule has 1 aliphatic carbocycles. The third kappa shape index (κ3) is 3.22. The van der Waals surface area contributed by atoms with Gasteiger partial charge in [-0.05, 0) is 30.2 Å². The number of rotatable bonds is 4. The molecule has 1 aliphatic rings. The molecule has 1 heterocycles. The summed E-state index contributed by atoms with van der Waals surface area (Å²) in [7, 11) is 0. The molecule has 88 valence electrons. The lowest BCUT2D eigenvalue weighted by Crippen LogP contribution is -2.31. The van der Waals surface area contributed by atoms with E-state index in [1.807, 2.05) is 17.5 Å². The van der Waals surface area contributed by atoms with Crippen LogP contribution in [0.3, 0.4) is 0 Å². The van der Waals surface area contributed by atoms with E-state index in [1.165, 1.54) is 6.42 Å². The number of carbonyl (C=O) groups is 1. The first-order chi connectivity index (χ1) is 7.75. The first-order valence-electron chi connectivity index (χ1n) is 5.69. The van der Waals surface area contributed by atoms with Gasteiger partial charge in [-0.3, -0.25) is 4.79 Å². The number of amides is 1. The molecular formula is C12H16ClNOS. The summed E-state index contributed by atoms with van der Waals surface area (Å²) in [6, 6.07) is 3.96. The van der Waals surface area contributed by atoms with Crippen molar-refractivity contribution in [1.82, 2.24) is 5.32 Å². The van der Waals surface area contributed by atoms with Gasteiger partial charge in [0, 0.05) is 16.8 Å². The van der Waals surface area contributed by atoms with Crippen LogP contribution in [0.2, 0.25) is 0 Å². The molecule has 16 heavy (non-hydrogen) atoms. The second kappa shape index (κ2) is 5.69. The summed E-state index contributed by atoms with van der Waals surface area (Å²) in [5, 5.41) is 5.22. The van der Waals surface area contributed by atoms with Gasteiger partial charge in [0.1, 0.15) is 0 Å². The zero-order valence-electron chi connectivity index (χ0n) is 9.12. The van der Waals surface area contributed by atoms with Gasteiger partial charge in [-0.25, -0.2) is 0 Å². The van der Waals surface area contributed by atoms with Crippen molar-refractivity contribution in [3.8, 4) is 0 Å². The van der Waals surface area contributed by atoms with Crippen LogP contribution < -0.4 is 5.32 Å². The van der Waals surface area contributed by atoms with Crippen molar-refractivity contribution in [1.29, 1.82) is 0 Å². The monoisotopic (exact) mass is 257 g/mol. The molecule has 0 aliphatic heterocycles. The predicted octanol–water partition coefficient (Wildman–Crippen LogP) is 2.81. The van der Waals surface area contributed by atoms with E-state index >= 15 is 0 Å². The Kier molecular flexibility index (Phi) is 4.24. The maximum absolute atomic E-state index is 11.6. The number of hydrogen-bond acceptors (Lipinski definition) is 2. The molecule has 4 heteroatoms. The third-order valence-electron chi connectivity index (χ3n) is 3.04. The summed E-state index contributed by atoms with van der Waals surface area (Å²) in [6.07, 6.45) is 3.93. The van der Waals surface area contributed by atoms with Crippen molar-refractivity contribution in [3.05, 3.63) is 22.4 Å². The van der Waals surface area contributed by atoms with Crippen LogP contribution in [0.5, 0.6) is 0 Å². The Morgan fingerprint density at radius 2 is 2.44 bits per heavy atom. The maximum atomic E-state index is 11.6. The predicted molar refractivity (Wildman–Crippen MR) is 68.0 cm³/mol. The van der Waals surface area contributed by atoms with Crippen LogP contribution in [0.25, 0.3) is 0 Å². The van der Waals surface area contributed by atoms with Crippen molar-refractivity contribution in [3.63, 3.8) is 0 Å². The van der Waals surface area contributed by atoms with Crippen molar-refractivity contribution in [2.75, 3.05) is 6.54 Å². The molecule has 1 aromatic rings. The number of alkyl halides is 1. The minimum absolute atomic E-state index is 0.109. The van der Waals surface area contributed by atoms with Gasteiger partial charge in [-0.15, -0.1) is 22.9 Å². The fourth-order valence-corrected chi connectivity index (χ4v) is 3.17. The Morgan fingerprint density at radius 1 is 1.56 bits per heavy atom. The zero-order chi connectivity index (χ0) is 11.4. The van der Waals surface area contributed by atoms with E-state index in [0.29, 0.717) is 12.3 Å². The highest BCUT2D eigenvalue weighted by Gasteiger charge is 2.25. The van der Waals surface area contributed by atoms with Gasteiger partial charge in [0.25, 0.3) is 0 Å². The minimum Gasteiger partial charge on any atom is -0.355 e. The summed E-state index contributed by atoms with van der Waals surface area (Å²) in [5.41, 5.74) is 0. The average Bonchev–Trinajstić information content (AvgIpc) is 2.87. The van der Waals surface area contributed by atoms with Crippen LogP contribution in [0.1, 0.15) is 24.1 Å². The highest BCUT2D eigenvalue weighted by molar-refractivity contribution is 7.10. The van der Waals surface area contributed by atoms with E-state index in [1.54, 1.807) is 11.3 Å². The molecule has 1 amide bonds. The molecule has 0 saturated heterocycles. The maximum Gasteiger partial charge on any atom is 0.225 e. The van der Waals surface area contributed by atoms with Crippen LogP contribution >= 0.6 is 22.9 Å². The fraction of sp³-hybridized carbons (Fsp3) is 0.583. The quantitative estimate of drug-likeness (QED) is 0.826. The number of hydrogen-bond donors (Lipinski definition) is 1. The Morgan fingerprint density at radius 3 is 3.06 bits per heavy atom. The SMILES string of the molecule is O=C(Cc1cccs1)NCC1CCCC1Cl. The van der Waals surface area contributed by atoms with Gasteiger partial charge in [0.05, 0.1) is 6.42 Å². The zero-order valence-corrected chi connectivity index (χ0v) is 10.7. The molecule has 0 aromatic carbocycles. The molecule has 0 spiro atoms. The lowest BCUT2D eigenvalue weighted by atomic mass is 10.1. The topological polar surface area (TPSA) is 29.1 Å². The molecule has 2 unspecified atom stereocenters. The molecular weight excluding hydrogens is 242 g/mol. The Hall–Kier alpha value is -0.540. The normalized spacial score (nSPS) is 24.6. The number of thiophene rings is 1. The van der Waals surface area contributed by atoms with E-state index < -0.39 is 0 Å². The summed E-state index contributed by atoms with van der Waals surface area (Å²) < 4.78 is 0. The molecule has 1 saturated carbocycles. The van der Waals surface area contributed by atoms with Gasteiger partial charge in [0.15, 0.2) is 0 Å². The molecule has 1 fully saturated rings. The van der Waals surface area contributed by atoms with Crippen molar-refractivity contribution >= 4 is 28.8 Å². The molecule has 2 rings (SSSR count).